The minimum absolute atomic E-state index is 0.446. The van der Waals surface area contributed by atoms with Gasteiger partial charge in [-0.2, -0.15) is 0 Å². The van der Waals surface area contributed by atoms with Crippen LogP contribution in [0.1, 0.15) is 12.6 Å². The Morgan fingerprint density at radius 3 is 2.86 bits per heavy atom. The molecule has 0 aromatic carbocycles. The second kappa shape index (κ2) is 5.35. The number of aromatic nitrogens is 2. The topological polar surface area (TPSA) is 25.8 Å². The maximum Gasteiger partial charge on any atom is 0.133 e. The predicted octanol–water partition coefficient (Wildman–Crippen LogP) is 3.28. The van der Waals surface area contributed by atoms with Gasteiger partial charge in [-0.3, -0.25) is 0 Å². The van der Waals surface area contributed by atoms with E-state index in [0.29, 0.717) is 5.15 Å². The highest BCUT2D eigenvalue weighted by atomic mass is 35.5. The van der Waals surface area contributed by atoms with Crippen molar-refractivity contribution in [3.05, 3.63) is 54.1 Å². The summed E-state index contributed by atoms with van der Waals surface area (Å²) in [5.74, 6) is 0. The van der Waals surface area contributed by atoms with E-state index in [1.807, 2.05) is 25.2 Å². The van der Waals surface area contributed by atoms with Crippen molar-refractivity contribution >= 4 is 17.2 Å². The molecule has 1 aromatic rings. The first kappa shape index (κ1) is 10.7. The van der Waals surface area contributed by atoms with Crippen LogP contribution in [-0.2, 0) is 0 Å². The van der Waals surface area contributed by atoms with Crippen LogP contribution < -0.4 is 0 Å². The Balaban J connectivity index is 3.02. The molecule has 0 radical (unpaired) electrons. The molecule has 1 heterocycles. The predicted molar refractivity (Wildman–Crippen MR) is 60.0 cm³/mol. The number of allylic oxidation sites excluding steroid dienone is 5. The molecule has 3 heteroatoms. The van der Waals surface area contributed by atoms with Crippen molar-refractivity contribution in [3.8, 4) is 0 Å². The van der Waals surface area contributed by atoms with Gasteiger partial charge < -0.3 is 0 Å². The van der Waals surface area contributed by atoms with Gasteiger partial charge in [0.1, 0.15) is 11.5 Å². The number of rotatable bonds is 3. The number of hydrogen-bond donors (Lipinski definition) is 0. The van der Waals surface area contributed by atoms with Gasteiger partial charge in [0.05, 0.1) is 5.69 Å². The van der Waals surface area contributed by atoms with Gasteiger partial charge in [-0.15, -0.1) is 0 Å². The average Bonchev–Trinajstić information content (AvgIpc) is 2.19. The summed E-state index contributed by atoms with van der Waals surface area (Å²) in [6.45, 7) is 5.55. The highest BCUT2D eigenvalue weighted by Gasteiger charge is 1.99. The fourth-order valence-electron chi connectivity index (χ4n) is 0.993. The molecule has 0 amide bonds. The summed E-state index contributed by atoms with van der Waals surface area (Å²) in [5, 5.41) is 0.446. The van der Waals surface area contributed by atoms with Crippen molar-refractivity contribution in [2.45, 2.75) is 6.92 Å². The average molecular weight is 207 g/mol. The van der Waals surface area contributed by atoms with E-state index in [4.69, 9.17) is 11.6 Å². The van der Waals surface area contributed by atoms with E-state index in [-0.39, 0.29) is 0 Å². The second-order valence-electron chi connectivity index (χ2n) is 2.56. The molecule has 2 nitrogen and oxygen atoms in total. The van der Waals surface area contributed by atoms with Crippen molar-refractivity contribution in [2.24, 2.45) is 0 Å². The third-order valence-corrected chi connectivity index (χ3v) is 1.86. The fourth-order valence-corrected chi connectivity index (χ4v) is 1.14. The van der Waals surface area contributed by atoms with Crippen LogP contribution in [0.2, 0.25) is 5.15 Å². The van der Waals surface area contributed by atoms with Crippen LogP contribution in [0.15, 0.2) is 43.3 Å². The Hall–Kier alpha value is -1.41. The van der Waals surface area contributed by atoms with Crippen LogP contribution in [0.4, 0.5) is 0 Å². The van der Waals surface area contributed by atoms with E-state index in [2.05, 4.69) is 16.5 Å². The van der Waals surface area contributed by atoms with Crippen molar-refractivity contribution in [1.29, 1.82) is 0 Å². The minimum Gasteiger partial charge on any atom is -0.236 e. The summed E-state index contributed by atoms with van der Waals surface area (Å²) >= 11 is 5.76. The molecule has 0 spiro atoms. The summed E-state index contributed by atoms with van der Waals surface area (Å²) in [7, 11) is 0. The maximum absolute atomic E-state index is 5.76. The van der Waals surface area contributed by atoms with Gasteiger partial charge in [0.2, 0.25) is 0 Å². The van der Waals surface area contributed by atoms with Gasteiger partial charge in [-0.25, -0.2) is 9.97 Å². The summed E-state index contributed by atoms with van der Waals surface area (Å²) in [4.78, 5) is 7.93. The highest BCUT2D eigenvalue weighted by Crippen LogP contribution is 2.15. The molecule has 14 heavy (non-hydrogen) atoms. The number of nitrogens with zero attached hydrogens (tertiary/aromatic N) is 2. The van der Waals surface area contributed by atoms with Gasteiger partial charge >= 0.3 is 0 Å². The lowest BCUT2D eigenvalue weighted by atomic mass is 10.1. The van der Waals surface area contributed by atoms with Crippen molar-refractivity contribution in [3.63, 3.8) is 0 Å². The van der Waals surface area contributed by atoms with Gasteiger partial charge in [0, 0.05) is 6.07 Å². The molecular formula is C11H11ClN2. The smallest absolute Gasteiger partial charge is 0.133 e. The zero-order valence-electron chi connectivity index (χ0n) is 7.94. The summed E-state index contributed by atoms with van der Waals surface area (Å²) in [6.07, 6.45) is 8.89. The lowest BCUT2D eigenvalue weighted by Crippen LogP contribution is -1.88. The minimum atomic E-state index is 0.446. The lowest BCUT2D eigenvalue weighted by Gasteiger charge is -1.99. The zero-order valence-corrected chi connectivity index (χ0v) is 8.70. The van der Waals surface area contributed by atoms with Crippen LogP contribution in [0.5, 0.6) is 0 Å². The van der Waals surface area contributed by atoms with Crippen molar-refractivity contribution in [2.75, 3.05) is 0 Å². The molecule has 0 saturated heterocycles. The van der Waals surface area contributed by atoms with E-state index in [9.17, 15) is 0 Å². The molecule has 0 fully saturated rings. The van der Waals surface area contributed by atoms with E-state index >= 15 is 0 Å². The van der Waals surface area contributed by atoms with E-state index in [1.165, 1.54) is 6.33 Å². The molecule has 0 N–H and O–H groups in total. The Bertz CT molecular complexity index is 381. The molecule has 72 valence electrons. The van der Waals surface area contributed by atoms with Crippen molar-refractivity contribution < 1.29 is 0 Å². The quantitative estimate of drug-likeness (QED) is 0.560. The summed E-state index contributed by atoms with van der Waals surface area (Å²) in [5.41, 5.74) is 1.81. The highest BCUT2D eigenvalue weighted by molar-refractivity contribution is 6.29. The lowest BCUT2D eigenvalue weighted by molar-refractivity contribution is 1.14. The summed E-state index contributed by atoms with van der Waals surface area (Å²) < 4.78 is 0. The van der Waals surface area contributed by atoms with Crippen LogP contribution in [0.3, 0.4) is 0 Å². The Labute approximate surface area is 88.7 Å². The third-order valence-electron chi connectivity index (χ3n) is 1.65. The van der Waals surface area contributed by atoms with Crippen LogP contribution in [-0.4, -0.2) is 9.97 Å². The number of hydrogen-bond acceptors (Lipinski definition) is 2. The van der Waals surface area contributed by atoms with E-state index < -0.39 is 0 Å². The first-order valence-corrected chi connectivity index (χ1v) is 4.59. The first-order chi connectivity index (χ1) is 6.77. The van der Waals surface area contributed by atoms with Crippen LogP contribution in [0, 0.1) is 0 Å². The molecule has 0 bridgehead atoms. The van der Waals surface area contributed by atoms with Gasteiger partial charge in [0.15, 0.2) is 0 Å². The normalized spacial score (nSPS) is 12.0. The van der Waals surface area contributed by atoms with Gasteiger partial charge in [-0.05, 0) is 12.5 Å². The standard InChI is InChI=1S/C11H11ClN2/c1-3-5-6-9(4-2)10-7-11(12)14-8-13-10/h3-8H,1H2,2H3/b6-5-,9-4+. The molecule has 1 aromatic heterocycles. The third kappa shape index (κ3) is 2.82. The van der Waals surface area contributed by atoms with Gasteiger partial charge in [0.25, 0.3) is 0 Å². The molecule has 1 rings (SSSR count). The number of halogens is 1. The summed E-state index contributed by atoms with van der Waals surface area (Å²) in [6, 6.07) is 1.73. The molecule has 0 aliphatic carbocycles. The Kier molecular flexibility index (Phi) is 4.08. The van der Waals surface area contributed by atoms with E-state index in [0.717, 1.165) is 11.3 Å². The monoisotopic (exact) mass is 206 g/mol. The molecule has 0 saturated carbocycles. The molecule has 0 atom stereocenters. The first-order valence-electron chi connectivity index (χ1n) is 4.21. The molecule has 0 unspecified atom stereocenters. The van der Waals surface area contributed by atoms with Crippen LogP contribution in [0.25, 0.3) is 5.57 Å². The zero-order chi connectivity index (χ0) is 10.4. The van der Waals surface area contributed by atoms with Gasteiger partial charge in [-0.1, -0.05) is 42.5 Å². The fraction of sp³-hybridized carbons (Fsp3) is 0.0909. The molecular weight excluding hydrogens is 196 g/mol. The second-order valence-corrected chi connectivity index (χ2v) is 2.95. The van der Waals surface area contributed by atoms with Crippen molar-refractivity contribution in [1.82, 2.24) is 9.97 Å². The largest absolute Gasteiger partial charge is 0.236 e. The SMILES string of the molecule is C=C/C=C\C(=C/C)c1cc(Cl)ncn1. The van der Waals surface area contributed by atoms with Crippen LogP contribution >= 0.6 is 11.6 Å². The molecule has 0 aliphatic rings. The Morgan fingerprint density at radius 1 is 1.50 bits per heavy atom. The Morgan fingerprint density at radius 2 is 2.29 bits per heavy atom. The van der Waals surface area contributed by atoms with E-state index in [1.54, 1.807) is 12.1 Å². The maximum atomic E-state index is 5.76. The molecule has 0 aliphatic heterocycles.